The van der Waals surface area contributed by atoms with Gasteiger partial charge in [-0.25, -0.2) is 8.42 Å². The van der Waals surface area contributed by atoms with Crippen molar-refractivity contribution in [1.82, 2.24) is 0 Å². The van der Waals surface area contributed by atoms with E-state index in [4.69, 9.17) is 5.26 Å². The van der Waals surface area contributed by atoms with Gasteiger partial charge in [-0.1, -0.05) is 12.8 Å². The molecule has 0 spiro atoms. The maximum absolute atomic E-state index is 12.2. The third-order valence-electron chi connectivity index (χ3n) is 3.68. The Bertz CT molecular complexity index is 566. The predicted octanol–water partition coefficient (Wildman–Crippen LogP) is 1.88. The molecule has 1 saturated carbocycles. The van der Waals surface area contributed by atoms with Crippen molar-refractivity contribution in [3.63, 3.8) is 0 Å². The third kappa shape index (κ3) is 3.34. The topological polar surface area (TPSA) is 78.2 Å². The molecule has 5 heteroatoms. The van der Waals surface area contributed by atoms with E-state index < -0.39 is 15.9 Å². The number of nitriles is 1. The van der Waals surface area contributed by atoms with Crippen molar-refractivity contribution in [3.8, 4) is 6.07 Å². The fourth-order valence-corrected chi connectivity index (χ4v) is 4.00. The molecule has 1 aliphatic rings. The van der Waals surface area contributed by atoms with Crippen LogP contribution in [0.2, 0.25) is 0 Å². The van der Waals surface area contributed by atoms with Crippen LogP contribution in [0.15, 0.2) is 29.2 Å². The van der Waals surface area contributed by atoms with Crippen molar-refractivity contribution in [2.24, 2.45) is 5.92 Å². The number of sulfone groups is 1. The lowest BCUT2D eigenvalue weighted by molar-refractivity contribution is 0.131. The van der Waals surface area contributed by atoms with Gasteiger partial charge >= 0.3 is 0 Å². The minimum atomic E-state index is -3.48. The van der Waals surface area contributed by atoms with Crippen LogP contribution < -0.4 is 0 Å². The molecule has 0 amide bonds. The summed E-state index contributed by atoms with van der Waals surface area (Å²) in [5, 5.41) is 18.7. The number of aliphatic hydroxyl groups is 1. The lowest BCUT2D eigenvalue weighted by Gasteiger charge is -2.17. The Labute approximate surface area is 113 Å². The molecule has 1 N–H and O–H groups in total. The zero-order valence-corrected chi connectivity index (χ0v) is 11.4. The lowest BCUT2D eigenvalue weighted by Crippen LogP contribution is -2.27. The first-order valence-electron chi connectivity index (χ1n) is 6.44. The van der Waals surface area contributed by atoms with Crippen molar-refractivity contribution in [2.45, 2.75) is 36.7 Å². The van der Waals surface area contributed by atoms with Gasteiger partial charge in [-0.05, 0) is 43.0 Å². The summed E-state index contributed by atoms with van der Waals surface area (Å²) in [6, 6.07) is 7.76. The van der Waals surface area contributed by atoms with E-state index in [9.17, 15) is 13.5 Å². The first-order chi connectivity index (χ1) is 9.03. The van der Waals surface area contributed by atoms with E-state index in [0.717, 1.165) is 25.7 Å². The van der Waals surface area contributed by atoms with Crippen LogP contribution >= 0.6 is 0 Å². The first kappa shape index (κ1) is 14.0. The van der Waals surface area contributed by atoms with E-state index in [1.54, 1.807) is 0 Å². The molecule has 1 aromatic rings. The van der Waals surface area contributed by atoms with E-state index in [1.807, 2.05) is 6.07 Å². The van der Waals surface area contributed by atoms with Crippen LogP contribution in [0.4, 0.5) is 0 Å². The van der Waals surface area contributed by atoms with Gasteiger partial charge in [-0.2, -0.15) is 5.26 Å². The van der Waals surface area contributed by atoms with Gasteiger partial charge in [0.1, 0.15) is 0 Å². The fraction of sp³-hybridized carbons (Fsp3) is 0.500. The highest BCUT2D eigenvalue weighted by molar-refractivity contribution is 7.91. The summed E-state index contributed by atoms with van der Waals surface area (Å²) in [7, 11) is -3.48. The molecule has 0 saturated heterocycles. The summed E-state index contributed by atoms with van der Waals surface area (Å²) in [4.78, 5) is 0.170. The van der Waals surface area contributed by atoms with Gasteiger partial charge in [0, 0.05) is 0 Å². The van der Waals surface area contributed by atoms with Crippen molar-refractivity contribution in [1.29, 1.82) is 5.26 Å². The number of aliphatic hydroxyl groups excluding tert-OH is 1. The molecular formula is C14H17NO3S. The molecule has 102 valence electrons. The summed E-state index contributed by atoms with van der Waals surface area (Å²) in [5.41, 5.74) is 0.426. The minimum absolute atomic E-state index is 0.105. The molecule has 0 bridgehead atoms. The van der Waals surface area contributed by atoms with E-state index in [2.05, 4.69) is 0 Å². The van der Waals surface area contributed by atoms with E-state index in [-0.39, 0.29) is 16.6 Å². The van der Waals surface area contributed by atoms with Crippen LogP contribution in [0.1, 0.15) is 31.2 Å². The average molecular weight is 279 g/mol. The molecule has 1 atom stereocenters. The summed E-state index contributed by atoms with van der Waals surface area (Å²) in [6.45, 7) is 0. The van der Waals surface area contributed by atoms with Gasteiger partial charge in [0.2, 0.25) is 0 Å². The molecule has 4 nitrogen and oxygen atoms in total. The Morgan fingerprint density at radius 1 is 1.26 bits per heavy atom. The molecule has 2 rings (SSSR count). The average Bonchev–Trinajstić information content (AvgIpc) is 2.92. The van der Waals surface area contributed by atoms with Crippen LogP contribution in [-0.4, -0.2) is 25.4 Å². The maximum Gasteiger partial charge on any atom is 0.180 e. The van der Waals surface area contributed by atoms with Gasteiger partial charge in [-0.15, -0.1) is 0 Å². The van der Waals surface area contributed by atoms with Gasteiger partial charge in [0.25, 0.3) is 0 Å². The zero-order chi connectivity index (χ0) is 13.9. The zero-order valence-electron chi connectivity index (χ0n) is 10.6. The van der Waals surface area contributed by atoms with Crippen LogP contribution in [0.25, 0.3) is 0 Å². The molecular weight excluding hydrogens is 262 g/mol. The number of hydrogen-bond donors (Lipinski definition) is 1. The highest BCUT2D eigenvalue weighted by Gasteiger charge is 2.28. The van der Waals surface area contributed by atoms with Crippen molar-refractivity contribution >= 4 is 9.84 Å². The lowest BCUT2D eigenvalue weighted by atomic mass is 10.0. The summed E-state index contributed by atoms with van der Waals surface area (Å²) in [6.07, 6.45) is 3.16. The third-order valence-corrected chi connectivity index (χ3v) is 5.45. The van der Waals surface area contributed by atoms with Crippen molar-refractivity contribution in [2.75, 3.05) is 5.75 Å². The number of hydrogen-bond acceptors (Lipinski definition) is 4. The summed E-state index contributed by atoms with van der Waals surface area (Å²) < 4.78 is 24.3. The maximum atomic E-state index is 12.2. The Balaban J connectivity index is 2.10. The Morgan fingerprint density at radius 3 is 2.37 bits per heavy atom. The Hall–Kier alpha value is -1.38. The second kappa shape index (κ2) is 5.72. The second-order valence-electron chi connectivity index (χ2n) is 5.03. The normalized spacial score (nSPS) is 18.1. The smallest absolute Gasteiger partial charge is 0.180 e. The number of nitrogens with zero attached hydrogens (tertiary/aromatic N) is 1. The predicted molar refractivity (Wildman–Crippen MR) is 71.2 cm³/mol. The Kier molecular flexibility index (Phi) is 4.23. The molecule has 0 unspecified atom stereocenters. The molecule has 1 aliphatic carbocycles. The highest BCUT2D eigenvalue weighted by Crippen LogP contribution is 2.29. The van der Waals surface area contributed by atoms with Crippen LogP contribution in [-0.2, 0) is 9.84 Å². The number of rotatable bonds is 4. The summed E-state index contributed by atoms with van der Waals surface area (Å²) in [5.74, 6) is -0.128. The van der Waals surface area contributed by atoms with Gasteiger partial charge in [0.15, 0.2) is 9.84 Å². The van der Waals surface area contributed by atoms with Crippen molar-refractivity contribution in [3.05, 3.63) is 29.8 Å². The standard InChI is InChI=1S/C14H17NO3S/c15-9-11-5-7-13(8-6-11)19(17,18)10-14(16)12-3-1-2-4-12/h5-8,12,14,16H,1-4,10H2/t14-/m0/s1. The van der Waals surface area contributed by atoms with E-state index in [1.165, 1.54) is 24.3 Å². The van der Waals surface area contributed by atoms with Gasteiger partial charge in [-0.3, -0.25) is 0 Å². The van der Waals surface area contributed by atoms with Crippen LogP contribution in [0.5, 0.6) is 0 Å². The second-order valence-corrected chi connectivity index (χ2v) is 7.06. The minimum Gasteiger partial charge on any atom is -0.392 e. The quantitative estimate of drug-likeness (QED) is 0.912. The fourth-order valence-electron chi connectivity index (χ4n) is 2.54. The summed E-state index contributed by atoms with van der Waals surface area (Å²) >= 11 is 0. The van der Waals surface area contributed by atoms with E-state index >= 15 is 0 Å². The van der Waals surface area contributed by atoms with Crippen molar-refractivity contribution < 1.29 is 13.5 Å². The Morgan fingerprint density at radius 2 is 1.84 bits per heavy atom. The molecule has 0 heterocycles. The monoisotopic (exact) mass is 279 g/mol. The SMILES string of the molecule is N#Cc1ccc(S(=O)(=O)C[C@H](O)C2CCCC2)cc1. The molecule has 1 fully saturated rings. The van der Waals surface area contributed by atoms with Crippen LogP contribution in [0, 0.1) is 17.2 Å². The van der Waals surface area contributed by atoms with Gasteiger partial charge < -0.3 is 5.11 Å². The molecule has 19 heavy (non-hydrogen) atoms. The van der Waals surface area contributed by atoms with Crippen LogP contribution in [0.3, 0.4) is 0 Å². The molecule has 0 radical (unpaired) electrons. The number of benzene rings is 1. The van der Waals surface area contributed by atoms with Gasteiger partial charge in [0.05, 0.1) is 28.4 Å². The molecule has 0 aromatic heterocycles. The first-order valence-corrected chi connectivity index (χ1v) is 8.09. The molecule has 0 aliphatic heterocycles. The largest absolute Gasteiger partial charge is 0.392 e. The highest BCUT2D eigenvalue weighted by atomic mass is 32.2. The van der Waals surface area contributed by atoms with E-state index in [0.29, 0.717) is 5.56 Å². The molecule has 1 aromatic carbocycles.